The van der Waals surface area contributed by atoms with Crippen molar-refractivity contribution in [2.75, 3.05) is 18.7 Å². The van der Waals surface area contributed by atoms with Gasteiger partial charge >= 0.3 is 0 Å². The van der Waals surface area contributed by atoms with Gasteiger partial charge in [-0.15, -0.1) is 0 Å². The predicted octanol–water partition coefficient (Wildman–Crippen LogP) is 2.75. The summed E-state index contributed by atoms with van der Waals surface area (Å²) in [6, 6.07) is 13.3. The maximum absolute atomic E-state index is 11.8. The third kappa shape index (κ3) is 4.96. The second kappa shape index (κ2) is 7.11. The van der Waals surface area contributed by atoms with Gasteiger partial charge in [-0.3, -0.25) is 4.79 Å². The summed E-state index contributed by atoms with van der Waals surface area (Å²) in [6.45, 7) is 0. The zero-order chi connectivity index (χ0) is 16.9. The number of carbonyl (C=O) groups excluding carboxylic acids is 1. The van der Waals surface area contributed by atoms with E-state index in [0.717, 1.165) is 17.6 Å². The molecule has 0 aliphatic heterocycles. The van der Waals surface area contributed by atoms with Gasteiger partial charge < -0.3 is 10.1 Å². The summed E-state index contributed by atoms with van der Waals surface area (Å²) in [6.07, 6.45) is 4.23. The van der Waals surface area contributed by atoms with E-state index in [-0.39, 0.29) is 10.8 Å². The van der Waals surface area contributed by atoms with E-state index in [1.807, 2.05) is 24.3 Å². The highest BCUT2D eigenvalue weighted by Crippen LogP contribution is 2.15. The molecule has 1 amide bonds. The van der Waals surface area contributed by atoms with Crippen LogP contribution in [0.3, 0.4) is 0 Å². The first-order valence-corrected chi connectivity index (χ1v) is 8.71. The second-order valence-corrected chi connectivity index (χ2v) is 6.91. The summed E-state index contributed by atoms with van der Waals surface area (Å²) in [5, 5.41) is 2.67. The molecule has 0 unspecified atom stereocenters. The summed E-state index contributed by atoms with van der Waals surface area (Å²) >= 11 is 0. The zero-order valence-electron chi connectivity index (χ0n) is 12.8. The number of benzene rings is 2. The van der Waals surface area contributed by atoms with Crippen molar-refractivity contribution < 1.29 is 17.9 Å². The fourth-order valence-electron chi connectivity index (χ4n) is 1.86. The van der Waals surface area contributed by atoms with Crippen LogP contribution in [0.15, 0.2) is 59.5 Å². The lowest BCUT2D eigenvalue weighted by molar-refractivity contribution is -0.111. The smallest absolute Gasteiger partial charge is 0.248 e. The van der Waals surface area contributed by atoms with E-state index in [1.165, 1.54) is 18.2 Å². The highest BCUT2D eigenvalue weighted by molar-refractivity contribution is 7.90. The molecule has 23 heavy (non-hydrogen) atoms. The minimum absolute atomic E-state index is 0.212. The van der Waals surface area contributed by atoms with E-state index in [1.54, 1.807) is 25.3 Å². The molecule has 0 aliphatic carbocycles. The molecule has 0 radical (unpaired) electrons. The van der Waals surface area contributed by atoms with E-state index < -0.39 is 9.84 Å². The van der Waals surface area contributed by atoms with Crippen LogP contribution in [0, 0.1) is 0 Å². The standard InChI is InChI=1S/C17H17NO4S/c1-22-15-8-3-13(4-9-15)5-12-17(19)18-14-6-10-16(11-7-14)23(2,20)21/h3-12H,1-2H3,(H,18,19). The van der Waals surface area contributed by atoms with Crippen LogP contribution in [0.1, 0.15) is 5.56 Å². The van der Waals surface area contributed by atoms with Crippen LogP contribution in [-0.2, 0) is 14.6 Å². The average Bonchev–Trinajstić information content (AvgIpc) is 2.53. The number of sulfone groups is 1. The van der Waals surface area contributed by atoms with Crippen molar-refractivity contribution in [2.24, 2.45) is 0 Å². The first kappa shape index (κ1) is 16.8. The lowest BCUT2D eigenvalue weighted by Crippen LogP contribution is -2.08. The van der Waals surface area contributed by atoms with Gasteiger partial charge in [-0.2, -0.15) is 0 Å². The number of methoxy groups -OCH3 is 1. The van der Waals surface area contributed by atoms with Crippen molar-refractivity contribution in [3.63, 3.8) is 0 Å². The normalized spacial score (nSPS) is 11.4. The van der Waals surface area contributed by atoms with Gasteiger partial charge in [0, 0.05) is 18.0 Å². The third-order valence-corrected chi connectivity index (χ3v) is 4.22. The van der Waals surface area contributed by atoms with Gasteiger partial charge in [0.2, 0.25) is 5.91 Å². The fraction of sp³-hybridized carbons (Fsp3) is 0.118. The topological polar surface area (TPSA) is 72.5 Å². The zero-order valence-corrected chi connectivity index (χ0v) is 13.6. The molecule has 0 aromatic heterocycles. The Morgan fingerprint density at radius 2 is 1.65 bits per heavy atom. The number of rotatable bonds is 5. The Labute approximate surface area is 135 Å². The average molecular weight is 331 g/mol. The van der Waals surface area contributed by atoms with Gasteiger partial charge in [-0.1, -0.05) is 12.1 Å². The number of amides is 1. The van der Waals surface area contributed by atoms with Crippen molar-refractivity contribution in [3.05, 3.63) is 60.2 Å². The quantitative estimate of drug-likeness (QED) is 0.855. The fourth-order valence-corrected chi connectivity index (χ4v) is 2.49. The summed E-state index contributed by atoms with van der Waals surface area (Å²) in [5.41, 5.74) is 1.40. The van der Waals surface area contributed by atoms with Gasteiger partial charge in [-0.05, 0) is 48.0 Å². The van der Waals surface area contributed by atoms with Crippen LogP contribution in [0.25, 0.3) is 6.08 Å². The molecule has 0 fully saturated rings. The minimum Gasteiger partial charge on any atom is -0.497 e. The number of anilines is 1. The van der Waals surface area contributed by atoms with Crippen LogP contribution in [0.2, 0.25) is 0 Å². The largest absolute Gasteiger partial charge is 0.497 e. The van der Waals surface area contributed by atoms with E-state index >= 15 is 0 Å². The molecular formula is C17H17NO4S. The summed E-state index contributed by atoms with van der Waals surface area (Å²) in [7, 11) is -1.65. The Balaban J connectivity index is 1.99. The molecule has 0 saturated carbocycles. The number of hydrogen-bond acceptors (Lipinski definition) is 4. The van der Waals surface area contributed by atoms with Crippen molar-refractivity contribution in [3.8, 4) is 5.75 Å². The van der Waals surface area contributed by atoms with Gasteiger partial charge in [0.25, 0.3) is 0 Å². The van der Waals surface area contributed by atoms with Crippen LogP contribution < -0.4 is 10.1 Å². The first-order chi connectivity index (χ1) is 10.9. The predicted molar refractivity (Wildman–Crippen MR) is 90.2 cm³/mol. The molecule has 2 rings (SSSR count). The maximum atomic E-state index is 11.8. The maximum Gasteiger partial charge on any atom is 0.248 e. The Hall–Kier alpha value is -2.60. The van der Waals surface area contributed by atoms with Crippen molar-refractivity contribution in [1.29, 1.82) is 0 Å². The molecule has 0 bridgehead atoms. The van der Waals surface area contributed by atoms with E-state index in [9.17, 15) is 13.2 Å². The van der Waals surface area contributed by atoms with E-state index in [2.05, 4.69) is 5.32 Å². The lowest BCUT2D eigenvalue weighted by Gasteiger charge is -2.03. The summed E-state index contributed by atoms with van der Waals surface area (Å²) in [5.74, 6) is 0.450. The molecule has 6 heteroatoms. The van der Waals surface area contributed by atoms with Crippen molar-refractivity contribution >= 4 is 27.5 Å². The van der Waals surface area contributed by atoms with E-state index in [4.69, 9.17) is 4.74 Å². The SMILES string of the molecule is COc1ccc(C=CC(=O)Nc2ccc(S(C)(=O)=O)cc2)cc1. The molecule has 0 atom stereocenters. The minimum atomic E-state index is -3.24. The molecule has 120 valence electrons. The Kier molecular flexibility index (Phi) is 5.18. The number of ether oxygens (including phenoxy) is 1. The Morgan fingerprint density at radius 3 is 2.17 bits per heavy atom. The first-order valence-electron chi connectivity index (χ1n) is 6.82. The lowest BCUT2D eigenvalue weighted by atomic mass is 10.2. The van der Waals surface area contributed by atoms with Gasteiger partial charge in [0.05, 0.1) is 12.0 Å². The van der Waals surface area contributed by atoms with Gasteiger partial charge in [0.1, 0.15) is 5.75 Å². The molecule has 0 spiro atoms. The van der Waals surface area contributed by atoms with E-state index in [0.29, 0.717) is 5.69 Å². The van der Waals surface area contributed by atoms with Gasteiger partial charge in [-0.25, -0.2) is 8.42 Å². The molecular weight excluding hydrogens is 314 g/mol. The molecule has 0 saturated heterocycles. The Bertz CT molecular complexity index is 807. The highest BCUT2D eigenvalue weighted by atomic mass is 32.2. The molecule has 1 N–H and O–H groups in total. The Morgan fingerprint density at radius 1 is 1.04 bits per heavy atom. The monoisotopic (exact) mass is 331 g/mol. The van der Waals surface area contributed by atoms with Crippen LogP contribution in [0.4, 0.5) is 5.69 Å². The summed E-state index contributed by atoms with van der Waals surface area (Å²) < 4.78 is 27.8. The number of carbonyl (C=O) groups is 1. The highest BCUT2D eigenvalue weighted by Gasteiger charge is 2.06. The molecule has 2 aromatic carbocycles. The summed E-state index contributed by atoms with van der Waals surface area (Å²) in [4.78, 5) is 12.1. The number of hydrogen-bond donors (Lipinski definition) is 1. The van der Waals surface area contributed by atoms with Crippen molar-refractivity contribution in [2.45, 2.75) is 4.90 Å². The van der Waals surface area contributed by atoms with Crippen molar-refractivity contribution in [1.82, 2.24) is 0 Å². The molecule has 0 aliphatic rings. The molecule has 2 aromatic rings. The molecule has 5 nitrogen and oxygen atoms in total. The van der Waals surface area contributed by atoms with Crippen LogP contribution >= 0.6 is 0 Å². The van der Waals surface area contributed by atoms with Gasteiger partial charge in [0.15, 0.2) is 9.84 Å². The third-order valence-electron chi connectivity index (χ3n) is 3.09. The number of nitrogens with one attached hydrogen (secondary N) is 1. The van der Waals surface area contributed by atoms with Crippen LogP contribution in [0.5, 0.6) is 5.75 Å². The van der Waals surface area contributed by atoms with Crippen LogP contribution in [-0.4, -0.2) is 27.7 Å². The second-order valence-electron chi connectivity index (χ2n) is 4.89. The molecule has 0 heterocycles.